The summed E-state index contributed by atoms with van der Waals surface area (Å²) in [6.07, 6.45) is 1.43. The molecule has 0 saturated carbocycles. The lowest BCUT2D eigenvalue weighted by Crippen LogP contribution is -2.24. The number of carbonyl (C=O) groups is 1. The Kier molecular flexibility index (Phi) is 9.68. The van der Waals surface area contributed by atoms with Gasteiger partial charge >= 0.3 is 6.09 Å². The number of unbranched alkanes of at least 4 members (excludes halogenated alkanes) is 1. The van der Waals surface area contributed by atoms with Gasteiger partial charge in [0, 0.05) is 20.3 Å². The topological polar surface area (TPSA) is 56.8 Å². The number of hydrogen-bond acceptors (Lipinski definition) is 4. The predicted molar refractivity (Wildman–Crippen MR) is 52.3 cm³/mol. The largest absolute Gasteiger partial charge is 0.453 e. The molecule has 0 aliphatic heterocycles. The third-order valence-corrected chi connectivity index (χ3v) is 1.60. The normalized spacial score (nSPS) is 9.86. The highest BCUT2D eigenvalue weighted by Crippen LogP contribution is 1.89. The smallest absolute Gasteiger partial charge is 0.406 e. The van der Waals surface area contributed by atoms with E-state index in [1.54, 1.807) is 7.11 Å². The highest BCUT2D eigenvalue weighted by molar-refractivity contribution is 5.66. The molecule has 0 bridgehead atoms. The number of carbonyl (C=O) groups excluding carboxylic acids is 1. The molecule has 0 spiro atoms. The zero-order valence-corrected chi connectivity index (χ0v) is 8.88. The minimum atomic E-state index is -0.384. The second kappa shape index (κ2) is 10.3. The molecule has 0 aromatic heterocycles. The highest BCUT2D eigenvalue weighted by Gasteiger charge is 1.96. The van der Waals surface area contributed by atoms with Crippen LogP contribution in [0, 0.1) is 0 Å². The maximum atomic E-state index is 10.6. The maximum Gasteiger partial charge on any atom is 0.406 e. The number of methoxy groups -OCH3 is 2. The molecule has 5 heteroatoms. The van der Waals surface area contributed by atoms with Gasteiger partial charge in [-0.25, -0.2) is 4.79 Å². The summed E-state index contributed by atoms with van der Waals surface area (Å²) in [4.78, 5) is 10.6. The summed E-state index contributed by atoms with van der Waals surface area (Å²) in [6, 6.07) is 0. The molecule has 0 fully saturated rings. The summed E-state index contributed by atoms with van der Waals surface area (Å²) >= 11 is 0. The van der Waals surface area contributed by atoms with Crippen molar-refractivity contribution in [3.63, 3.8) is 0 Å². The molecule has 0 aromatic rings. The molecule has 0 saturated heterocycles. The monoisotopic (exact) mass is 205 g/mol. The van der Waals surface area contributed by atoms with Crippen molar-refractivity contribution in [2.24, 2.45) is 0 Å². The van der Waals surface area contributed by atoms with Crippen molar-refractivity contribution >= 4 is 6.09 Å². The van der Waals surface area contributed by atoms with Gasteiger partial charge in [0.15, 0.2) is 0 Å². The van der Waals surface area contributed by atoms with Crippen molar-refractivity contribution in [1.29, 1.82) is 0 Å². The lowest BCUT2D eigenvalue weighted by atomic mass is 10.3. The van der Waals surface area contributed by atoms with E-state index < -0.39 is 0 Å². The highest BCUT2D eigenvalue weighted by atomic mass is 16.5. The number of amides is 1. The number of alkyl carbamates (subject to hydrolysis) is 1. The average molecular weight is 205 g/mol. The van der Waals surface area contributed by atoms with Crippen LogP contribution in [0.2, 0.25) is 0 Å². The van der Waals surface area contributed by atoms with Gasteiger partial charge in [-0.2, -0.15) is 0 Å². The van der Waals surface area contributed by atoms with Crippen molar-refractivity contribution in [3.8, 4) is 0 Å². The van der Waals surface area contributed by atoms with Crippen LogP contribution in [0.5, 0.6) is 0 Å². The molecule has 14 heavy (non-hydrogen) atoms. The molecule has 5 nitrogen and oxygen atoms in total. The van der Waals surface area contributed by atoms with E-state index in [4.69, 9.17) is 9.47 Å². The van der Waals surface area contributed by atoms with Crippen molar-refractivity contribution in [2.75, 3.05) is 40.6 Å². The van der Waals surface area contributed by atoms with E-state index >= 15 is 0 Å². The van der Waals surface area contributed by atoms with Crippen molar-refractivity contribution in [1.82, 2.24) is 5.32 Å². The van der Waals surface area contributed by atoms with Gasteiger partial charge in [-0.1, -0.05) is 0 Å². The van der Waals surface area contributed by atoms with Crippen LogP contribution in [-0.2, 0) is 14.2 Å². The van der Waals surface area contributed by atoms with Crippen LogP contribution in [0.1, 0.15) is 12.8 Å². The lowest BCUT2D eigenvalue weighted by molar-refractivity contribution is 0.0687. The van der Waals surface area contributed by atoms with Crippen molar-refractivity contribution < 1.29 is 19.0 Å². The van der Waals surface area contributed by atoms with E-state index in [-0.39, 0.29) is 6.09 Å². The second-order valence-electron chi connectivity index (χ2n) is 2.73. The Labute approximate surface area is 84.7 Å². The summed E-state index contributed by atoms with van der Waals surface area (Å²) in [6.45, 7) is 2.58. The van der Waals surface area contributed by atoms with Crippen LogP contribution in [0.3, 0.4) is 0 Å². The van der Waals surface area contributed by atoms with Crippen LogP contribution in [0.4, 0.5) is 4.79 Å². The molecule has 0 aliphatic carbocycles. The van der Waals surface area contributed by atoms with Crippen LogP contribution in [-0.4, -0.2) is 46.7 Å². The number of rotatable bonds is 8. The van der Waals surface area contributed by atoms with Gasteiger partial charge in [-0.15, -0.1) is 0 Å². The molecule has 0 radical (unpaired) electrons. The number of hydrogen-bond donors (Lipinski definition) is 1. The third kappa shape index (κ3) is 9.28. The van der Waals surface area contributed by atoms with E-state index in [1.807, 2.05) is 0 Å². The molecular formula is C9H19NO4. The first-order valence-electron chi connectivity index (χ1n) is 4.69. The Balaban J connectivity index is 2.95. The fourth-order valence-corrected chi connectivity index (χ4v) is 0.836. The maximum absolute atomic E-state index is 10.6. The SMILES string of the molecule is COCCOCCCCNC(=O)OC. The molecule has 1 N–H and O–H groups in total. The van der Waals surface area contributed by atoms with Gasteiger partial charge in [0.1, 0.15) is 0 Å². The van der Waals surface area contributed by atoms with Crippen molar-refractivity contribution in [2.45, 2.75) is 12.8 Å². The average Bonchev–Trinajstić information content (AvgIpc) is 2.21. The molecule has 0 unspecified atom stereocenters. The van der Waals surface area contributed by atoms with Gasteiger partial charge < -0.3 is 19.5 Å². The van der Waals surface area contributed by atoms with Crippen LogP contribution >= 0.6 is 0 Å². The van der Waals surface area contributed by atoms with E-state index in [1.165, 1.54) is 7.11 Å². The summed E-state index contributed by atoms with van der Waals surface area (Å²) in [5, 5.41) is 2.59. The Morgan fingerprint density at radius 2 is 1.93 bits per heavy atom. The zero-order valence-electron chi connectivity index (χ0n) is 8.88. The lowest BCUT2D eigenvalue weighted by Gasteiger charge is -2.04. The van der Waals surface area contributed by atoms with E-state index in [2.05, 4.69) is 10.1 Å². The third-order valence-electron chi connectivity index (χ3n) is 1.60. The molecule has 84 valence electrons. The minimum absolute atomic E-state index is 0.384. The van der Waals surface area contributed by atoms with E-state index in [9.17, 15) is 4.79 Å². The summed E-state index contributed by atoms with van der Waals surface area (Å²) in [5.74, 6) is 0. The van der Waals surface area contributed by atoms with Gasteiger partial charge in [0.25, 0.3) is 0 Å². The first-order valence-corrected chi connectivity index (χ1v) is 4.69. The van der Waals surface area contributed by atoms with Gasteiger partial charge in [0.2, 0.25) is 0 Å². The van der Waals surface area contributed by atoms with Crippen LogP contribution in [0.25, 0.3) is 0 Å². The number of ether oxygens (including phenoxy) is 3. The fourth-order valence-electron chi connectivity index (χ4n) is 0.836. The first-order chi connectivity index (χ1) is 6.81. The molecular weight excluding hydrogens is 186 g/mol. The van der Waals surface area contributed by atoms with Gasteiger partial charge in [-0.05, 0) is 12.8 Å². The Morgan fingerprint density at radius 1 is 1.14 bits per heavy atom. The zero-order chi connectivity index (χ0) is 10.6. The van der Waals surface area contributed by atoms with Crippen LogP contribution in [0.15, 0.2) is 0 Å². The standard InChI is InChI=1S/C9H19NO4/c1-12-7-8-14-6-4-3-5-10-9(11)13-2/h3-8H2,1-2H3,(H,10,11). The predicted octanol–water partition coefficient (Wildman–Crippen LogP) is 0.786. The molecule has 0 heterocycles. The van der Waals surface area contributed by atoms with Crippen LogP contribution < -0.4 is 5.32 Å². The molecule has 0 atom stereocenters. The Morgan fingerprint density at radius 3 is 2.57 bits per heavy atom. The van der Waals surface area contributed by atoms with Crippen molar-refractivity contribution in [3.05, 3.63) is 0 Å². The quantitative estimate of drug-likeness (QED) is 0.595. The number of nitrogens with one attached hydrogen (secondary N) is 1. The summed E-state index contributed by atoms with van der Waals surface area (Å²) < 4.78 is 14.5. The molecule has 0 aromatic carbocycles. The minimum Gasteiger partial charge on any atom is -0.453 e. The molecule has 0 aliphatic rings. The van der Waals surface area contributed by atoms with Gasteiger partial charge in [-0.3, -0.25) is 0 Å². The van der Waals surface area contributed by atoms with E-state index in [0.29, 0.717) is 26.4 Å². The van der Waals surface area contributed by atoms with E-state index in [0.717, 1.165) is 12.8 Å². The first kappa shape index (κ1) is 13.2. The Bertz CT molecular complexity index is 141. The summed E-state index contributed by atoms with van der Waals surface area (Å²) in [7, 11) is 2.99. The fraction of sp³-hybridized carbons (Fsp3) is 0.889. The Hall–Kier alpha value is -0.810. The molecule has 1 amide bonds. The molecule has 0 rings (SSSR count). The second-order valence-corrected chi connectivity index (χ2v) is 2.73. The van der Waals surface area contributed by atoms with Gasteiger partial charge in [0.05, 0.1) is 20.3 Å². The summed E-state index contributed by atoms with van der Waals surface area (Å²) in [5.41, 5.74) is 0.